The molecule has 0 saturated carbocycles. The Labute approximate surface area is 235 Å². The first-order valence-electron chi connectivity index (χ1n) is 13.1. The van der Waals surface area contributed by atoms with Gasteiger partial charge in [0, 0.05) is 33.9 Å². The number of amides is 2. The van der Waals surface area contributed by atoms with Crippen molar-refractivity contribution in [3.63, 3.8) is 0 Å². The molecule has 208 valence electrons. The van der Waals surface area contributed by atoms with E-state index in [2.05, 4.69) is 0 Å². The molecule has 0 radical (unpaired) electrons. The van der Waals surface area contributed by atoms with Gasteiger partial charge in [-0.05, 0) is 42.3 Å². The van der Waals surface area contributed by atoms with Crippen LogP contribution in [0.5, 0.6) is 17.2 Å². The third kappa shape index (κ3) is 6.29. The highest BCUT2D eigenvalue weighted by molar-refractivity contribution is 6.04. The van der Waals surface area contributed by atoms with Gasteiger partial charge in [0.1, 0.15) is 19.0 Å². The van der Waals surface area contributed by atoms with Gasteiger partial charge in [0.15, 0.2) is 22.9 Å². The third-order valence-corrected chi connectivity index (χ3v) is 6.16. The van der Waals surface area contributed by atoms with Crippen LogP contribution in [0.1, 0.15) is 39.0 Å². The fraction of sp³-hybridized carbons (Fsp3) is 0.250. The summed E-state index contributed by atoms with van der Waals surface area (Å²) in [5, 5.41) is 0. The number of carbonyl (C=O) groups is 2. The standard InChI is InChI=1S/C32H35N3O5/c1-6-38-26-19-17-25(18-20-26)35-27(31(36)33(2)3)29(39-21-23-13-9-7-10-14-23)30(28(35)32(37)34(4)5)40-22-24-15-11-8-12-16-24/h7-20H,6,21-22H2,1-5H3. The van der Waals surface area contributed by atoms with Crippen LogP contribution in [0.15, 0.2) is 84.9 Å². The quantitative estimate of drug-likeness (QED) is 0.253. The summed E-state index contributed by atoms with van der Waals surface area (Å²) in [6.07, 6.45) is 0. The predicted molar refractivity (Wildman–Crippen MR) is 155 cm³/mol. The largest absolute Gasteiger partial charge is 0.494 e. The van der Waals surface area contributed by atoms with Crippen molar-refractivity contribution >= 4 is 11.8 Å². The molecule has 0 saturated heterocycles. The third-order valence-electron chi connectivity index (χ3n) is 6.16. The summed E-state index contributed by atoms with van der Waals surface area (Å²) in [5.41, 5.74) is 2.80. The van der Waals surface area contributed by atoms with Crippen molar-refractivity contribution in [2.24, 2.45) is 0 Å². The smallest absolute Gasteiger partial charge is 0.274 e. The lowest BCUT2D eigenvalue weighted by Gasteiger charge is -2.18. The summed E-state index contributed by atoms with van der Waals surface area (Å²) in [5.74, 6) is 0.425. The van der Waals surface area contributed by atoms with E-state index in [-0.39, 0.29) is 47.9 Å². The first kappa shape index (κ1) is 28.3. The molecule has 1 heterocycles. The van der Waals surface area contributed by atoms with Crippen molar-refractivity contribution in [3.8, 4) is 22.9 Å². The average Bonchev–Trinajstić information content (AvgIpc) is 3.29. The summed E-state index contributed by atoms with van der Waals surface area (Å²) in [6.45, 7) is 2.79. The van der Waals surface area contributed by atoms with Gasteiger partial charge in [-0.15, -0.1) is 0 Å². The monoisotopic (exact) mass is 541 g/mol. The Bertz CT molecular complexity index is 1340. The van der Waals surface area contributed by atoms with Gasteiger partial charge in [-0.1, -0.05) is 60.7 Å². The van der Waals surface area contributed by atoms with E-state index in [0.29, 0.717) is 18.0 Å². The number of nitrogens with zero attached hydrogens (tertiary/aromatic N) is 3. The van der Waals surface area contributed by atoms with Gasteiger partial charge in [0.05, 0.1) is 6.61 Å². The maximum atomic E-state index is 13.8. The fourth-order valence-corrected chi connectivity index (χ4v) is 4.18. The topological polar surface area (TPSA) is 73.2 Å². The van der Waals surface area contributed by atoms with Gasteiger partial charge >= 0.3 is 0 Å². The number of carbonyl (C=O) groups excluding carboxylic acids is 2. The van der Waals surface area contributed by atoms with E-state index in [1.165, 1.54) is 9.80 Å². The molecule has 8 nitrogen and oxygen atoms in total. The fourth-order valence-electron chi connectivity index (χ4n) is 4.18. The molecule has 40 heavy (non-hydrogen) atoms. The van der Waals surface area contributed by atoms with Gasteiger partial charge in [-0.2, -0.15) is 0 Å². The van der Waals surface area contributed by atoms with Crippen molar-refractivity contribution in [1.29, 1.82) is 0 Å². The summed E-state index contributed by atoms with van der Waals surface area (Å²) < 4.78 is 20.0. The molecule has 4 rings (SSSR count). The van der Waals surface area contributed by atoms with E-state index in [1.54, 1.807) is 32.8 Å². The van der Waals surface area contributed by atoms with Crippen LogP contribution in [-0.2, 0) is 13.2 Å². The Balaban J connectivity index is 1.96. The van der Waals surface area contributed by atoms with Crippen LogP contribution >= 0.6 is 0 Å². The summed E-state index contributed by atoms with van der Waals surface area (Å²) in [7, 11) is 6.65. The number of hydrogen-bond acceptors (Lipinski definition) is 5. The molecule has 0 unspecified atom stereocenters. The minimum atomic E-state index is -0.334. The maximum Gasteiger partial charge on any atom is 0.274 e. The molecule has 0 aliphatic rings. The van der Waals surface area contributed by atoms with Crippen molar-refractivity contribution < 1.29 is 23.8 Å². The van der Waals surface area contributed by atoms with Gasteiger partial charge < -0.3 is 24.0 Å². The van der Waals surface area contributed by atoms with Crippen LogP contribution < -0.4 is 14.2 Å². The Morgan fingerprint density at radius 3 is 1.43 bits per heavy atom. The van der Waals surface area contributed by atoms with E-state index >= 15 is 0 Å². The molecule has 0 atom stereocenters. The van der Waals surface area contributed by atoms with Gasteiger partial charge in [-0.25, -0.2) is 0 Å². The second-order valence-electron chi connectivity index (χ2n) is 9.57. The predicted octanol–water partition coefficient (Wildman–Crippen LogP) is 5.44. The SMILES string of the molecule is CCOc1ccc(-n2c(C(=O)N(C)C)c(OCc3ccccc3)c(OCc3ccccc3)c2C(=O)N(C)C)cc1. The van der Waals surface area contributed by atoms with E-state index in [9.17, 15) is 9.59 Å². The van der Waals surface area contributed by atoms with Crippen LogP contribution in [-0.4, -0.2) is 61.0 Å². The molecule has 0 aliphatic carbocycles. The minimum absolute atomic E-state index is 0.180. The average molecular weight is 542 g/mol. The van der Waals surface area contributed by atoms with Crippen molar-refractivity contribution in [1.82, 2.24) is 14.4 Å². The molecular formula is C32H35N3O5. The first-order valence-corrected chi connectivity index (χ1v) is 13.1. The van der Waals surface area contributed by atoms with Gasteiger partial charge in [0.2, 0.25) is 0 Å². The zero-order valence-corrected chi connectivity index (χ0v) is 23.6. The van der Waals surface area contributed by atoms with Crippen molar-refractivity contribution in [2.75, 3.05) is 34.8 Å². The number of hydrogen-bond donors (Lipinski definition) is 0. The Morgan fingerprint density at radius 1 is 0.625 bits per heavy atom. The number of rotatable bonds is 11. The molecule has 0 aliphatic heterocycles. The highest BCUT2D eigenvalue weighted by Crippen LogP contribution is 2.42. The van der Waals surface area contributed by atoms with Crippen LogP contribution in [0, 0.1) is 0 Å². The molecule has 4 aromatic rings. The molecule has 1 aromatic heterocycles. The molecule has 0 bridgehead atoms. The zero-order valence-electron chi connectivity index (χ0n) is 23.6. The maximum absolute atomic E-state index is 13.8. The molecule has 0 spiro atoms. The number of aromatic nitrogens is 1. The molecule has 2 amide bonds. The lowest BCUT2D eigenvalue weighted by atomic mass is 10.2. The zero-order chi connectivity index (χ0) is 28.6. The molecule has 0 fully saturated rings. The molecular weight excluding hydrogens is 506 g/mol. The summed E-state index contributed by atoms with van der Waals surface area (Å²) in [6, 6.07) is 26.5. The first-order chi connectivity index (χ1) is 19.3. The van der Waals surface area contributed by atoms with E-state index in [0.717, 1.165) is 11.1 Å². The minimum Gasteiger partial charge on any atom is -0.494 e. The Morgan fingerprint density at radius 2 is 1.05 bits per heavy atom. The second-order valence-corrected chi connectivity index (χ2v) is 9.57. The number of ether oxygens (including phenoxy) is 3. The number of benzene rings is 3. The van der Waals surface area contributed by atoms with Crippen molar-refractivity contribution in [2.45, 2.75) is 20.1 Å². The lowest BCUT2D eigenvalue weighted by Crippen LogP contribution is -2.28. The van der Waals surface area contributed by atoms with E-state index < -0.39 is 0 Å². The van der Waals surface area contributed by atoms with Gasteiger partial charge in [-0.3, -0.25) is 14.2 Å². The molecule has 0 N–H and O–H groups in total. The highest BCUT2D eigenvalue weighted by Gasteiger charge is 2.35. The summed E-state index contributed by atoms with van der Waals surface area (Å²) >= 11 is 0. The Kier molecular flexibility index (Phi) is 9.11. The second kappa shape index (κ2) is 12.9. The van der Waals surface area contributed by atoms with E-state index in [4.69, 9.17) is 14.2 Å². The van der Waals surface area contributed by atoms with Crippen LogP contribution in [0.4, 0.5) is 0 Å². The van der Waals surface area contributed by atoms with E-state index in [1.807, 2.05) is 91.9 Å². The van der Waals surface area contributed by atoms with Crippen LogP contribution in [0.3, 0.4) is 0 Å². The van der Waals surface area contributed by atoms with Crippen molar-refractivity contribution in [3.05, 3.63) is 107 Å². The van der Waals surface area contributed by atoms with Gasteiger partial charge in [0.25, 0.3) is 11.8 Å². The summed E-state index contributed by atoms with van der Waals surface area (Å²) in [4.78, 5) is 30.5. The molecule has 8 heteroatoms. The Hall–Kier alpha value is -4.72. The van der Waals surface area contributed by atoms with Crippen LogP contribution in [0.25, 0.3) is 5.69 Å². The molecule has 3 aromatic carbocycles. The lowest BCUT2D eigenvalue weighted by molar-refractivity contribution is 0.0810. The van der Waals surface area contributed by atoms with Crippen LogP contribution in [0.2, 0.25) is 0 Å². The highest BCUT2D eigenvalue weighted by atomic mass is 16.5. The normalized spacial score (nSPS) is 10.6.